The summed E-state index contributed by atoms with van der Waals surface area (Å²) in [6.45, 7) is 1.90. The number of benzene rings is 1. The molecule has 5 nitrogen and oxygen atoms in total. The fourth-order valence-electron chi connectivity index (χ4n) is 3.62. The number of hydrogen-bond donors (Lipinski definition) is 0. The lowest BCUT2D eigenvalue weighted by molar-refractivity contribution is -0.145. The van der Waals surface area contributed by atoms with Crippen LogP contribution < -0.4 is 10.4 Å². The van der Waals surface area contributed by atoms with Gasteiger partial charge in [-0.05, 0) is 50.3 Å². The summed E-state index contributed by atoms with van der Waals surface area (Å²) in [5.74, 6) is 0.227. The molecule has 25 heavy (non-hydrogen) atoms. The number of alkyl halides is 1. The number of carbonyl (C=O) groups is 1. The minimum atomic E-state index is -0.933. The zero-order valence-corrected chi connectivity index (χ0v) is 14.1. The Hall–Kier alpha value is -2.37. The number of hydrogen-bond acceptors (Lipinski definition) is 4. The molecule has 0 N–H and O–H groups in total. The number of nitrogens with zero attached hydrogens (tertiary/aromatic N) is 1. The number of rotatable bonds is 3. The normalized spacial score (nSPS) is 18.6. The van der Waals surface area contributed by atoms with Crippen LogP contribution >= 0.6 is 0 Å². The molecule has 0 radical (unpaired) electrons. The van der Waals surface area contributed by atoms with E-state index in [1.807, 2.05) is 6.07 Å². The van der Waals surface area contributed by atoms with Gasteiger partial charge >= 0.3 is 5.63 Å². The van der Waals surface area contributed by atoms with Crippen LogP contribution in [0.4, 0.5) is 4.39 Å². The van der Waals surface area contributed by atoms with Crippen molar-refractivity contribution in [3.63, 3.8) is 0 Å². The molecule has 1 unspecified atom stereocenters. The fourth-order valence-corrected chi connectivity index (χ4v) is 3.62. The van der Waals surface area contributed by atoms with Gasteiger partial charge in [0, 0.05) is 17.0 Å². The predicted octanol–water partition coefficient (Wildman–Crippen LogP) is 2.62. The molecule has 2 aliphatic rings. The molecule has 2 heterocycles. The van der Waals surface area contributed by atoms with E-state index in [2.05, 4.69) is 0 Å². The zero-order chi connectivity index (χ0) is 17.6. The molecule has 4 rings (SSSR count). The average Bonchev–Trinajstić information content (AvgIpc) is 2.58. The van der Waals surface area contributed by atoms with E-state index in [0.717, 1.165) is 42.2 Å². The van der Waals surface area contributed by atoms with Gasteiger partial charge in [-0.25, -0.2) is 9.18 Å². The Bertz CT molecular complexity index is 885. The van der Waals surface area contributed by atoms with Crippen molar-refractivity contribution in [2.45, 2.75) is 44.9 Å². The highest BCUT2D eigenvalue weighted by molar-refractivity contribution is 5.84. The van der Waals surface area contributed by atoms with Gasteiger partial charge in [-0.15, -0.1) is 0 Å². The number of amides is 1. The van der Waals surface area contributed by atoms with Crippen molar-refractivity contribution in [3.05, 3.63) is 39.7 Å². The maximum atomic E-state index is 12.9. The van der Waals surface area contributed by atoms with Crippen LogP contribution in [0.25, 0.3) is 11.0 Å². The highest BCUT2D eigenvalue weighted by Crippen LogP contribution is 2.29. The minimum absolute atomic E-state index is 0.130. The number of fused-ring (bicyclic) bond motifs is 3. The summed E-state index contributed by atoms with van der Waals surface area (Å²) in [6, 6.07) is 5.33. The smallest absolute Gasteiger partial charge is 0.339 e. The van der Waals surface area contributed by atoms with Gasteiger partial charge in [0.15, 0.2) is 6.10 Å². The van der Waals surface area contributed by atoms with Crippen molar-refractivity contribution < 1.29 is 18.3 Å². The highest BCUT2D eigenvalue weighted by Gasteiger charge is 2.33. The summed E-state index contributed by atoms with van der Waals surface area (Å²) < 4.78 is 24.0. The third-order valence-electron chi connectivity index (χ3n) is 5.00. The molecule has 2 aromatic rings. The van der Waals surface area contributed by atoms with Crippen LogP contribution in [-0.4, -0.2) is 36.2 Å². The lowest BCUT2D eigenvalue weighted by Gasteiger charge is -2.35. The van der Waals surface area contributed by atoms with Crippen LogP contribution in [0.5, 0.6) is 5.75 Å². The van der Waals surface area contributed by atoms with E-state index in [1.165, 1.54) is 4.90 Å². The summed E-state index contributed by atoms with van der Waals surface area (Å²) in [7, 11) is 0. The second-order valence-corrected chi connectivity index (χ2v) is 6.81. The van der Waals surface area contributed by atoms with Crippen LogP contribution in [0.15, 0.2) is 27.4 Å². The van der Waals surface area contributed by atoms with Crippen molar-refractivity contribution in [2.75, 3.05) is 13.1 Å². The molecular formula is C19H20FNO4. The number of halogens is 1. The van der Waals surface area contributed by atoms with E-state index in [0.29, 0.717) is 11.3 Å². The Morgan fingerprint density at radius 1 is 1.28 bits per heavy atom. The highest BCUT2D eigenvalue weighted by atomic mass is 19.1. The molecule has 0 bridgehead atoms. The summed E-state index contributed by atoms with van der Waals surface area (Å²) in [5, 5.41) is 0.934. The van der Waals surface area contributed by atoms with E-state index >= 15 is 0 Å². The van der Waals surface area contributed by atoms with Crippen molar-refractivity contribution in [1.82, 2.24) is 4.90 Å². The number of aryl methyl sites for hydroxylation is 1. The zero-order valence-electron chi connectivity index (χ0n) is 14.1. The summed E-state index contributed by atoms with van der Waals surface area (Å²) >= 11 is 0. The van der Waals surface area contributed by atoms with E-state index in [-0.39, 0.29) is 24.6 Å². The molecule has 1 atom stereocenters. The maximum absolute atomic E-state index is 12.9. The lowest BCUT2D eigenvalue weighted by atomic mass is 9.91. The van der Waals surface area contributed by atoms with Crippen molar-refractivity contribution in [1.29, 1.82) is 0 Å². The molecule has 1 aliphatic carbocycles. The molecule has 0 spiro atoms. The first kappa shape index (κ1) is 16.1. The van der Waals surface area contributed by atoms with Gasteiger partial charge in [-0.3, -0.25) is 4.79 Å². The van der Waals surface area contributed by atoms with Crippen LogP contribution in [0, 0.1) is 0 Å². The first-order valence-electron chi connectivity index (χ1n) is 8.71. The van der Waals surface area contributed by atoms with Gasteiger partial charge in [0.05, 0.1) is 13.1 Å². The molecule has 132 valence electrons. The first-order valence-corrected chi connectivity index (χ1v) is 8.71. The van der Waals surface area contributed by atoms with Gasteiger partial charge in [0.2, 0.25) is 0 Å². The van der Waals surface area contributed by atoms with Crippen molar-refractivity contribution in [3.8, 4) is 5.75 Å². The van der Waals surface area contributed by atoms with Gasteiger partial charge in [0.1, 0.15) is 17.5 Å². The molecule has 6 heteroatoms. The Morgan fingerprint density at radius 2 is 2.00 bits per heavy atom. The molecule has 1 fully saturated rings. The quantitative estimate of drug-likeness (QED) is 0.803. The van der Waals surface area contributed by atoms with Crippen LogP contribution in [0.3, 0.4) is 0 Å². The second-order valence-electron chi connectivity index (χ2n) is 6.81. The topological polar surface area (TPSA) is 59.8 Å². The monoisotopic (exact) mass is 345 g/mol. The van der Waals surface area contributed by atoms with Gasteiger partial charge in [-0.2, -0.15) is 0 Å². The lowest BCUT2D eigenvalue weighted by Crippen LogP contribution is -2.55. The molecule has 1 saturated heterocycles. The molecule has 0 saturated carbocycles. The third kappa shape index (κ3) is 2.90. The summed E-state index contributed by atoms with van der Waals surface area (Å²) in [4.78, 5) is 25.8. The molecule has 1 aromatic heterocycles. The number of carbonyl (C=O) groups excluding carboxylic acids is 1. The van der Waals surface area contributed by atoms with Crippen LogP contribution in [-0.2, 0) is 17.6 Å². The van der Waals surface area contributed by atoms with Crippen molar-refractivity contribution >= 4 is 16.9 Å². The largest absolute Gasteiger partial charge is 0.481 e. The summed E-state index contributed by atoms with van der Waals surface area (Å²) in [5.41, 5.74) is 2.06. The Labute approximate surface area is 144 Å². The van der Waals surface area contributed by atoms with Gasteiger partial charge in [-0.1, -0.05) is 0 Å². The molecular weight excluding hydrogens is 325 g/mol. The minimum Gasteiger partial charge on any atom is -0.481 e. The Kier molecular flexibility index (Phi) is 3.98. The fraction of sp³-hybridized carbons (Fsp3) is 0.474. The standard InChI is InChI=1S/C19H20FNO4/c1-11(18(22)21-9-12(20)10-21)24-13-6-7-15-14-4-2-3-5-16(14)19(23)25-17(15)8-13/h6-8,11-12H,2-5,9-10H2,1H3. The number of likely N-dealkylation sites (tertiary alicyclic amines) is 1. The SMILES string of the molecule is CC(Oc1ccc2c3c(c(=O)oc2c1)CCCC3)C(=O)N1CC(F)C1. The second kappa shape index (κ2) is 6.17. The van der Waals surface area contributed by atoms with Gasteiger partial charge < -0.3 is 14.1 Å². The van der Waals surface area contributed by atoms with E-state index in [1.54, 1.807) is 19.1 Å². The first-order chi connectivity index (χ1) is 12.0. The third-order valence-corrected chi connectivity index (χ3v) is 5.00. The molecule has 1 amide bonds. The van der Waals surface area contributed by atoms with E-state index in [9.17, 15) is 14.0 Å². The Balaban J connectivity index is 1.59. The van der Waals surface area contributed by atoms with Crippen LogP contribution in [0.1, 0.15) is 30.9 Å². The van der Waals surface area contributed by atoms with Gasteiger partial charge in [0.25, 0.3) is 5.91 Å². The molecule has 1 aromatic carbocycles. The molecule has 1 aliphatic heterocycles. The Morgan fingerprint density at radius 3 is 2.72 bits per heavy atom. The van der Waals surface area contributed by atoms with Crippen LogP contribution in [0.2, 0.25) is 0 Å². The summed E-state index contributed by atoms with van der Waals surface area (Å²) in [6.07, 6.45) is 2.09. The average molecular weight is 345 g/mol. The number of ether oxygens (including phenoxy) is 1. The van der Waals surface area contributed by atoms with E-state index in [4.69, 9.17) is 9.15 Å². The van der Waals surface area contributed by atoms with E-state index < -0.39 is 12.3 Å². The van der Waals surface area contributed by atoms with Crippen molar-refractivity contribution in [2.24, 2.45) is 0 Å². The predicted molar refractivity (Wildman–Crippen MR) is 90.7 cm³/mol. The maximum Gasteiger partial charge on any atom is 0.339 e.